The maximum atomic E-state index is 12.8. The van der Waals surface area contributed by atoms with Crippen LogP contribution in [0, 0.1) is 5.92 Å². The van der Waals surface area contributed by atoms with E-state index in [0.717, 1.165) is 0 Å². The van der Waals surface area contributed by atoms with Gasteiger partial charge in [-0.05, 0) is 33.6 Å². The molecule has 3 aliphatic heterocycles. The van der Waals surface area contributed by atoms with E-state index in [0.29, 0.717) is 0 Å². The fourth-order valence-corrected chi connectivity index (χ4v) is 3.57. The molecule has 3 fully saturated rings. The van der Waals surface area contributed by atoms with Crippen molar-refractivity contribution in [1.29, 1.82) is 0 Å². The largest absolute Gasteiger partial charge is 0.480 e. The Morgan fingerprint density at radius 2 is 1.46 bits per heavy atom. The van der Waals surface area contributed by atoms with Crippen molar-refractivity contribution >= 4 is 11.9 Å². The van der Waals surface area contributed by atoms with Gasteiger partial charge in [0.05, 0.1) is 0 Å². The number of hydrogen-bond donors (Lipinski definition) is 2. The van der Waals surface area contributed by atoms with E-state index < -0.39 is 60.2 Å². The summed E-state index contributed by atoms with van der Waals surface area (Å²) < 4.78 is 29.2. The summed E-state index contributed by atoms with van der Waals surface area (Å²) in [6.45, 7) is 10.4. The first-order valence-electron chi connectivity index (χ1n) is 8.80. The Hall–Kier alpha value is -1.26. The molecule has 0 bridgehead atoms. The predicted molar refractivity (Wildman–Crippen MR) is 86.9 cm³/mol. The lowest BCUT2D eigenvalue weighted by Crippen LogP contribution is -2.61. The molecule has 9 nitrogen and oxygen atoms in total. The summed E-state index contributed by atoms with van der Waals surface area (Å²) in [5, 5.41) is 11.9. The molecule has 0 aliphatic carbocycles. The van der Waals surface area contributed by atoms with Crippen LogP contribution in [0.4, 0.5) is 0 Å². The summed E-state index contributed by atoms with van der Waals surface area (Å²) in [4.78, 5) is 24.2. The summed E-state index contributed by atoms with van der Waals surface area (Å²) in [6, 6.07) is -1.03. The second-order valence-electron chi connectivity index (χ2n) is 8.16. The zero-order valence-corrected chi connectivity index (χ0v) is 15.8. The van der Waals surface area contributed by atoms with Crippen molar-refractivity contribution in [2.75, 3.05) is 0 Å². The normalized spacial score (nSPS) is 38.5. The quantitative estimate of drug-likeness (QED) is 0.737. The van der Waals surface area contributed by atoms with E-state index >= 15 is 0 Å². The van der Waals surface area contributed by atoms with E-state index in [1.54, 1.807) is 41.5 Å². The predicted octanol–water partition coefficient (Wildman–Crippen LogP) is 0.608. The maximum Gasteiger partial charge on any atom is 0.326 e. The van der Waals surface area contributed by atoms with Crippen LogP contribution < -0.4 is 5.32 Å². The van der Waals surface area contributed by atoms with Gasteiger partial charge in [0.15, 0.2) is 24.0 Å². The van der Waals surface area contributed by atoms with Gasteiger partial charge in [0, 0.05) is 0 Å². The Kier molecular flexibility index (Phi) is 4.81. The SMILES string of the molecule is CC(C)C(NC(=O)C1O[C@@H]2OC(C)(C)O[C@@H]2[C@H]2OC(C)(C)O[C@@H]12)C(=O)O. The standard InChI is InChI=1S/C17H27NO8/c1-7(2)8(14(20)21)18-13(19)11-9-10(24-16(3,4)23-9)12-15(22-11)26-17(5,6)25-12/h7-12,15H,1-6H3,(H,18,19)(H,20,21)/t8?,9-,10+,11?,12-,15-/m1/s1. The van der Waals surface area contributed by atoms with Gasteiger partial charge in [0.1, 0.15) is 24.4 Å². The minimum atomic E-state index is -1.11. The number of carbonyl (C=O) groups excluding carboxylic acids is 1. The van der Waals surface area contributed by atoms with Gasteiger partial charge < -0.3 is 34.1 Å². The highest BCUT2D eigenvalue weighted by Crippen LogP contribution is 2.44. The molecule has 0 aromatic carbocycles. The van der Waals surface area contributed by atoms with Crippen molar-refractivity contribution in [3.63, 3.8) is 0 Å². The minimum Gasteiger partial charge on any atom is -0.480 e. The summed E-state index contributed by atoms with van der Waals surface area (Å²) in [7, 11) is 0. The summed E-state index contributed by atoms with van der Waals surface area (Å²) in [5.41, 5.74) is 0. The summed E-state index contributed by atoms with van der Waals surface area (Å²) >= 11 is 0. The third-order valence-corrected chi connectivity index (χ3v) is 4.64. The number of fused-ring (bicyclic) bond motifs is 3. The molecule has 0 spiro atoms. The topological polar surface area (TPSA) is 113 Å². The van der Waals surface area contributed by atoms with Crippen LogP contribution in [0.2, 0.25) is 0 Å². The van der Waals surface area contributed by atoms with Gasteiger partial charge in [0.2, 0.25) is 0 Å². The van der Waals surface area contributed by atoms with Gasteiger partial charge in [-0.1, -0.05) is 13.8 Å². The number of carboxylic acids is 1. The van der Waals surface area contributed by atoms with E-state index in [2.05, 4.69) is 5.32 Å². The molecular formula is C17H27NO8. The number of rotatable bonds is 4. The molecule has 3 heterocycles. The van der Waals surface area contributed by atoms with E-state index in [4.69, 9.17) is 23.7 Å². The highest BCUT2D eigenvalue weighted by molar-refractivity contribution is 5.87. The smallest absolute Gasteiger partial charge is 0.326 e. The van der Waals surface area contributed by atoms with Crippen molar-refractivity contribution < 1.29 is 38.4 Å². The van der Waals surface area contributed by atoms with Crippen LogP contribution in [0.25, 0.3) is 0 Å². The van der Waals surface area contributed by atoms with Gasteiger partial charge in [-0.15, -0.1) is 0 Å². The monoisotopic (exact) mass is 373 g/mol. The Labute approximate surface area is 152 Å². The number of carboxylic acid groups (broad SMARTS) is 1. The molecule has 0 aromatic heterocycles. The molecule has 0 saturated carbocycles. The lowest BCUT2D eigenvalue weighted by atomic mass is 9.97. The summed E-state index contributed by atoms with van der Waals surface area (Å²) in [5.74, 6) is -3.78. The first-order chi connectivity index (χ1) is 11.9. The number of carbonyl (C=O) groups is 2. The van der Waals surface area contributed by atoms with Crippen LogP contribution in [0.3, 0.4) is 0 Å². The molecular weight excluding hydrogens is 346 g/mol. The Balaban J connectivity index is 1.82. The molecule has 0 radical (unpaired) electrons. The average Bonchev–Trinajstić information content (AvgIpc) is 2.96. The first-order valence-corrected chi connectivity index (χ1v) is 8.80. The van der Waals surface area contributed by atoms with Crippen LogP contribution in [0.1, 0.15) is 41.5 Å². The molecule has 3 aliphatic rings. The van der Waals surface area contributed by atoms with Gasteiger partial charge >= 0.3 is 5.97 Å². The zero-order valence-electron chi connectivity index (χ0n) is 15.8. The van der Waals surface area contributed by atoms with Crippen molar-refractivity contribution in [3.05, 3.63) is 0 Å². The molecule has 1 amide bonds. The average molecular weight is 373 g/mol. The second kappa shape index (κ2) is 6.42. The van der Waals surface area contributed by atoms with Gasteiger partial charge in [-0.2, -0.15) is 0 Å². The van der Waals surface area contributed by atoms with Crippen LogP contribution in [0.15, 0.2) is 0 Å². The van der Waals surface area contributed by atoms with Crippen molar-refractivity contribution in [3.8, 4) is 0 Å². The fourth-order valence-electron chi connectivity index (χ4n) is 3.57. The van der Waals surface area contributed by atoms with Crippen molar-refractivity contribution in [2.45, 2.75) is 89.9 Å². The zero-order chi connectivity index (χ0) is 19.4. The molecule has 3 saturated heterocycles. The van der Waals surface area contributed by atoms with Crippen molar-refractivity contribution in [2.24, 2.45) is 5.92 Å². The number of nitrogens with one attached hydrogen (secondary N) is 1. The molecule has 26 heavy (non-hydrogen) atoms. The highest BCUT2D eigenvalue weighted by atomic mass is 16.9. The first kappa shape index (κ1) is 19.5. The lowest BCUT2D eigenvalue weighted by molar-refractivity contribution is -0.231. The third kappa shape index (κ3) is 3.59. The number of amides is 1. The number of ether oxygens (including phenoxy) is 5. The molecule has 6 atom stereocenters. The van der Waals surface area contributed by atoms with Gasteiger partial charge in [-0.25, -0.2) is 4.79 Å². The van der Waals surface area contributed by atoms with Gasteiger partial charge in [-0.3, -0.25) is 4.79 Å². The molecule has 3 rings (SSSR count). The maximum absolute atomic E-state index is 12.8. The van der Waals surface area contributed by atoms with Crippen LogP contribution in [-0.4, -0.2) is 65.3 Å². The molecule has 0 aromatic rings. The highest BCUT2D eigenvalue weighted by Gasteiger charge is 2.62. The Morgan fingerprint density at radius 1 is 0.923 bits per heavy atom. The Morgan fingerprint density at radius 3 is 2.04 bits per heavy atom. The molecule has 9 heteroatoms. The van der Waals surface area contributed by atoms with Crippen LogP contribution in [0.5, 0.6) is 0 Å². The second-order valence-corrected chi connectivity index (χ2v) is 8.16. The van der Waals surface area contributed by atoms with E-state index in [1.165, 1.54) is 0 Å². The van der Waals surface area contributed by atoms with Crippen LogP contribution in [-0.2, 0) is 33.3 Å². The lowest BCUT2D eigenvalue weighted by Gasteiger charge is -2.37. The van der Waals surface area contributed by atoms with Crippen molar-refractivity contribution in [1.82, 2.24) is 5.32 Å². The molecule has 148 valence electrons. The Bertz CT molecular complexity index is 589. The number of aliphatic carboxylic acids is 1. The van der Waals surface area contributed by atoms with Gasteiger partial charge in [0.25, 0.3) is 5.91 Å². The molecule has 2 unspecified atom stereocenters. The van der Waals surface area contributed by atoms with Crippen LogP contribution >= 0.6 is 0 Å². The number of hydrogen-bond acceptors (Lipinski definition) is 7. The minimum absolute atomic E-state index is 0.286. The third-order valence-electron chi connectivity index (χ3n) is 4.64. The summed E-state index contributed by atoms with van der Waals surface area (Å²) in [6.07, 6.45) is -3.71. The van der Waals surface area contributed by atoms with E-state index in [1.807, 2.05) is 0 Å². The van der Waals surface area contributed by atoms with E-state index in [-0.39, 0.29) is 5.92 Å². The van der Waals surface area contributed by atoms with E-state index in [9.17, 15) is 14.7 Å². The fraction of sp³-hybridized carbons (Fsp3) is 0.882. The molecule has 2 N–H and O–H groups in total.